The average Bonchev–Trinajstić information content (AvgIpc) is 3.71. The second-order valence-corrected chi connectivity index (χ2v) is 29.1. The van der Waals surface area contributed by atoms with Crippen LogP contribution in [0.4, 0.5) is 0 Å². The maximum Gasteiger partial charge on any atom is 0.268 e. The zero-order valence-electron chi connectivity index (χ0n) is 59.4. The van der Waals surface area contributed by atoms with Crippen molar-refractivity contribution in [1.29, 1.82) is 0 Å². The van der Waals surface area contributed by atoms with E-state index in [1.54, 1.807) is 6.08 Å². The number of nitrogens with zero attached hydrogens (tertiary/aromatic N) is 1. The molecule has 518 valence electrons. The van der Waals surface area contributed by atoms with Crippen LogP contribution in [0.3, 0.4) is 0 Å². The second-order valence-electron chi connectivity index (χ2n) is 27.7. The third-order valence-corrected chi connectivity index (χ3v) is 18.7. The van der Waals surface area contributed by atoms with Gasteiger partial charge in [-0.25, -0.2) is 0 Å². The fraction of sp³-hybridized carbons (Fsp3) is 0.861. The number of carbonyl (C=O) groups excluding carboxylic acids is 1. The Morgan fingerprint density at radius 1 is 0.409 bits per heavy atom. The molecule has 8 nitrogen and oxygen atoms in total. The highest BCUT2D eigenvalue weighted by molar-refractivity contribution is 7.45. The number of likely N-dealkylation sites (N-methyl/N-ethyl adjacent to an activating group) is 1. The van der Waals surface area contributed by atoms with Crippen molar-refractivity contribution < 1.29 is 32.9 Å². The number of nitrogens with one attached hydrogen (secondary N) is 1. The molecule has 2 N–H and O–H groups in total. The van der Waals surface area contributed by atoms with E-state index in [9.17, 15) is 19.4 Å². The van der Waals surface area contributed by atoms with Crippen LogP contribution in [0.25, 0.3) is 0 Å². The minimum Gasteiger partial charge on any atom is -0.756 e. The number of phosphoric ester groups is 1. The smallest absolute Gasteiger partial charge is 0.268 e. The van der Waals surface area contributed by atoms with Gasteiger partial charge in [-0.1, -0.05) is 383 Å². The predicted octanol–water partition coefficient (Wildman–Crippen LogP) is 24.5. The molecule has 0 saturated heterocycles. The molecule has 0 aliphatic carbocycles. The molecule has 0 aromatic carbocycles. The summed E-state index contributed by atoms with van der Waals surface area (Å²) in [6.07, 6.45) is 96.7. The molecule has 9 heteroatoms. The molecular weight excluding hydrogens is 1100 g/mol. The summed E-state index contributed by atoms with van der Waals surface area (Å²) in [5.74, 6) is -0.189. The SMILES string of the molecule is CC/C=C\C/C=C\C/C=C\C/C=C\CCCCCCCCCCCCCCCCCCCCCCCCCCCCCCC(=O)NC(COP(=O)([O-])OCC[N+](C)(C)C)C(O)/C=C/CCCCCCCCCCCCCCCCCCCCCCCCC. The van der Waals surface area contributed by atoms with E-state index < -0.39 is 20.0 Å². The van der Waals surface area contributed by atoms with Crippen LogP contribution in [0.5, 0.6) is 0 Å². The molecule has 0 aliphatic heterocycles. The molecule has 0 fully saturated rings. The average molecular weight is 1260 g/mol. The van der Waals surface area contributed by atoms with E-state index in [2.05, 4.69) is 67.8 Å². The van der Waals surface area contributed by atoms with Crippen LogP contribution in [-0.2, 0) is 18.4 Å². The van der Waals surface area contributed by atoms with Gasteiger partial charge in [0.2, 0.25) is 5.91 Å². The Bertz CT molecular complexity index is 1620. The highest BCUT2D eigenvalue weighted by Gasteiger charge is 2.23. The van der Waals surface area contributed by atoms with Crippen molar-refractivity contribution in [1.82, 2.24) is 5.32 Å². The lowest BCUT2D eigenvalue weighted by Crippen LogP contribution is -2.45. The van der Waals surface area contributed by atoms with Crippen LogP contribution in [0.1, 0.15) is 386 Å². The molecule has 0 saturated carbocycles. The van der Waals surface area contributed by atoms with E-state index in [4.69, 9.17) is 9.05 Å². The van der Waals surface area contributed by atoms with Crippen LogP contribution < -0.4 is 10.2 Å². The Kier molecular flexibility index (Phi) is 68.1. The number of carbonyl (C=O) groups is 1. The number of aliphatic hydroxyl groups is 1. The van der Waals surface area contributed by atoms with Gasteiger partial charge in [0.05, 0.1) is 39.9 Å². The highest BCUT2D eigenvalue weighted by atomic mass is 31.2. The van der Waals surface area contributed by atoms with Gasteiger partial charge in [-0.05, 0) is 57.8 Å². The van der Waals surface area contributed by atoms with E-state index in [-0.39, 0.29) is 19.1 Å². The minimum absolute atomic E-state index is 0.00100. The normalized spacial score (nSPS) is 13.9. The largest absolute Gasteiger partial charge is 0.756 e. The Morgan fingerprint density at radius 2 is 0.693 bits per heavy atom. The van der Waals surface area contributed by atoms with Gasteiger partial charge in [0.1, 0.15) is 13.2 Å². The van der Waals surface area contributed by atoms with E-state index in [1.807, 2.05) is 27.2 Å². The maximum absolute atomic E-state index is 13.1. The zero-order valence-corrected chi connectivity index (χ0v) is 60.3. The summed E-state index contributed by atoms with van der Waals surface area (Å²) in [7, 11) is 1.28. The van der Waals surface area contributed by atoms with Crippen molar-refractivity contribution in [2.24, 2.45) is 0 Å². The summed E-state index contributed by atoms with van der Waals surface area (Å²) < 4.78 is 23.5. The van der Waals surface area contributed by atoms with Crippen molar-refractivity contribution in [3.05, 3.63) is 60.8 Å². The standard InChI is InChI=1S/C79H151N2O6P/c1-6-8-10-12-14-16-18-20-22-24-26-28-30-32-33-34-35-36-37-38-39-40-41-42-43-44-45-46-47-49-51-53-55-57-59-61-63-65-67-69-71-73-79(83)80-77(76-87-88(84,85)86-75-74-81(3,4)5)78(82)72-70-68-66-64-62-60-58-56-54-52-50-48-31-29-27-25-23-21-19-17-15-13-11-9-7-2/h8,10,14,16,20,22,26,28,70,72,77-78,82H,6-7,9,11-13,15,17-19,21,23-25,27,29-69,71,73-76H2,1-5H3,(H-,80,83,84,85)/b10-8-,16-14-,22-20-,28-26-,72-70+. The van der Waals surface area contributed by atoms with Crippen LogP contribution >= 0.6 is 7.82 Å². The van der Waals surface area contributed by atoms with Gasteiger partial charge in [-0.15, -0.1) is 0 Å². The fourth-order valence-corrected chi connectivity index (χ4v) is 12.5. The van der Waals surface area contributed by atoms with Crippen molar-refractivity contribution in [3.63, 3.8) is 0 Å². The minimum atomic E-state index is -4.60. The second kappa shape index (κ2) is 69.5. The number of quaternary nitrogens is 1. The molecule has 0 rings (SSSR count). The first-order valence-corrected chi connectivity index (χ1v) is 40.1. The third kappa shape index (κ3) is 71.6. The van der Waals surface area contributed by atoms with Crippen molar-refractivity contribution in [3.8, 4) is 0 Å². The summed E-state index contributed by atoms with van der Waals surface area (Å²) in [5, 5.41) is 14.0. The van der Waals surface area contributed by atoms with Crippen molar-refractivity contribution >= 4 is 13.7 Å². The lowest BCUT2D eigenvalue weighted by atomic mass is 10.0. The maximum atomic E-state index is 13.1. The number of amides is 1. The lowest BCUT2D eigenvalue weighted by Gasteiger charge is -2.29. The Hall–Kier alpha value is -1.80. The third-order valence-electron chi connectivity index (χ3n) is 17.7. The van der Waals surface area contributed by atoms with Crippen LogP contribution in [0, 0.1) is 0 Å². The Morgan fingerprint density at radius 3 is 1.01 bits per heavy atom. The van der Waals surface area contributed by atoms with E-state index in [0.717, 1.165) is 64.2 Å². The van der Waals surface area contributed by atoms with Crippen LogP contribution in [-0.4, -0.2) is 68.5 Å². The summed E-state index contributed by atoms with van der Waals surface area (Å²) in [6.45, 7) is 4.60. The monoisotopic (exact) mass is 1260 g/mol. The molecule has 3 unspecified atom stereocenters. The number of rotatable bonds is 72. The van der Waals surface area contributed by atoms with Gasteiger partial charge >= 0.3 is 0 Å². The summed E-state index contributed by atoms with van der Waals surface area (Å²) in [6, 6.07) is -0.887. The van der Waals surface area contributed by atoms with Crippen molar-refractivity contribution in [2.45, 2.75) is 398 Å². The molecular formula is C79H151N2O6P. The quantitative estimate of drug-likeness (QED) is 0.0272. The van der Waals surface area contributed by atoms with Gasteiger partial charge in [-0.2, -0.15) is 0 Å². The molecule has 0 spiro atoms. The lowest BCUT2D eigenvalue weighted by molar-refractivity contribution is -0.870. The summed E-state index contributed by atoms with van der Waals surface area (Å²) in [4.78, 5) is 25.7. The highest BCUT2D eigenvalue weighted by Crippen LogP contribution is 2.38. The summed E-state index contributed by atoms with van der Waals surface area (Å²) in [5.41, 5.74) is 0. The first-order valence-electron chi connectivity index (χ1n) is 38.7. The number of unbranched alkanes of at least 4 members (excludes halogenated alkanes) is 51. The molecule has 88 heavy (non-hydrogen) atoms. The molecule has 0 aromatic heterocycles. The van der Waals surface area contributed by atoms with E-state index >= 15 is 0 Å². The van der Waals surface area contributed by atoms with Gasteiger partial charge in [0.15, 0.2) is 0 Å². The fourth-order valence-electron chi connectivity index (χ4n) is 11.8. The Balaban J connectivity index is 3.91. The van der Waals surface area contributed by atoms with Gasteiger partial charge < -0.3 is 28.8 Å². The first kappa shape index (κ1) is 86.2. The van der Waals surface area contributed by atoms with Gasteiger partial charge in [0.25, 0.3) is 7.82 Å². The molecule has 1 amide bonds. The number of allylic oxidation sites excluding steroid dienone is 9. The van der Waals surface area contributed by atoms with Crippen molar-refractivity contribution in [2.75, 3.05) is 40.9 Å². The first-order chi connectivity index (χ1) is 43.0. The van der Waals surface area contributed by atoms with Crippen LogP contribution in [0.15, 0.2) is 60.8 Å². The predicted molar refractivity (Wildman–Crippen MR) is 385 cm³/mol. The molecule has 0 aromatic rings. The molecule has 0 bridgehead atoms. The van der Waals surface area contributed by atoms with Crippen LogP contribution in [0.2, 0.25) is 0 Å². The number of hydrogen-bond acceptors (Lipinski definition) is 6. The molecule has 0 heterocycles. The zero-order chi connectivity index (χ0) is 64.1. The topological polar surface area (TPSA) is 108 Å². The van der Waals surface area contributed by atoms with E-state index in [0.29, 0.717) is 17.4 Å². The number of aliphatic hydroxyl groups excluding tert-OH is 1. The Labute approximate surface area is 549 Å². The molecule has 0 aliphatic rings. The van der Waals surface area contributed by atoms with Gasteiger partial charge in [0, 0.05) is 6.42 Å². The molecule has 0 radical (unpaired) electrons. The summed E-state index contributed by atoms with van der Waals surface area (Å²) >= 11 is 0. The van der Waals surface area contributed by atoms with E-state index in [1.165, 1.54) is 302 Å². The molecule has 3 atom stereocenters. The number of phosphoric acid groups is 1. The number of hydrogen-bond donors (Lipinski definition) is 2. The van der Waals surface area contributed by atoms with Gasteiger partial charge in [-0.3, -0.25) is 9.36 Å².